The summed E-state index contributed by atoms with van der Waals surface area (Å²) >= 11 is 0. The second-order valence-corrected chi connectivity index (χ2v) is 18.4. The Balaban J connectivity index is 0.915. The first-order chi connectivity index (χ1) is 31.6. The minimum atomic E-state index is -0.143. The predicted molar refractivity (Wildman–Crippen MR) is 266 cm³/mol. The molecule has 64 heavy (non-hydrogen) atoms. The fourth-order valence-corrected chi connectivity index (χ4v) is 11.8. The number of fused-ring (bicyclic) bond motifs is 9. The van der Waals surface area contributed by atoms with E-state index in [0.29, 0.717) is 29.6 Å². The van der Waals surface area contributed by atoms with E-state index in [9.17, 15) is 0 Å². The molecule has 1 spiro atoms. The van der Waals surface area contributed by atoms with E-state index in [1.165, 1.54) is 50.1 Å². The first-order valence-electron chi connectivity index (χ1n) is 23.4. The van der Waals surface area contributed by atoms with E-state index in [4.69, 9.17) is 4.74 Å². The zero-order valence-electron chi connectivity index (χ0n) is 36.7. The lowest BCUT2D eigenvalue weighted by molar-refractivity contribution is 0.0714. The standard InChI is InChI=1S/C61H56N2O/c1-3-41(2)59(47-18-8-5-9-19-47)63-60(62-50-37-34-45(35-38-50)44-28-26-43(27-29-44)42-16-6-4-7-17-42)48-32-30-46(31-33-48)49-36-39-58-56(40-49)61(55-24-14-15-25-57(55)64-58)53-22-12-10-20-51(53)52-21-11-13-23-54(52)61/h4-41,51-54,56,58-60,62-63H,3H2,1-2H3. The second-order valence-electron chi connectivity index (χ2n) is 18.4. The van der Waals surface area contributed by atoms with E-state index >= 15 is 0 Å². The highest BCUT2D eigenvalue weighted by atomic mass is 16.5. The summed E-state index contributed by atoms with van der Waals surface area (Å²) in [5.41, 5.74) is 12.1. The van der Waals surface area contributed by atoms with E-state index in [0.717, 1.165) is 17.9 Å². The Morgan fingerprint density at radius 3 is 1.72 bits per heavy atom. The normalized spacial score (nSPS) is 25.9. The smallest absolute Gasteiger partial charge is 0.124 e. The Hall–Kier alpha value is -6.68. The summed E-state index contributed by atoms with van der Waals surface area (Å²) < 4.78 is 6.90. The summed E-state index contributed by atoms with van der Waals surface area (Å²) in [5, 5.41) is 8.04. The molecule has 9 atom stereocenters. The molecule has 2 N–H and O–H groups in total. The summed E-state index contributed by atoms with van der Waals surface area (Å²) in [6.07, 6.45) is 27.1. The zero-order valence-corrected chi connectivity index (χ0v) is 36.7. The van der Waals surface area contributed by atoms with Crippen molar-refractivity contribution in [2.45, 2.75) is 44.0 Å². The molecule has 0 bridgehead atoms. The van der Waals surface area contributed by atoms with Gasteiger partial charge >= 0.3 is 0 Å². The van der Waals surface area contributed by atoms with Gasteiger partial charge in [-0.2, -0.15) is 0 Å². The number of benzene rings is 6. The molecule has 1 aliphatic heterocycles. The first kappa shape index (κ1) is 40.1. The molecule has 1 heterocycles. The molecule has 0 amide bonds. The van der Waals surface area contributed by atoms with Gasteiger partial charge in [0, 0.05) is 28.6 Å². The third-order valence-corrected chi connectivity index (χ3v) is 15.1. The van der Waals surface area contributed by atoms with E-state index in [-0.39, 0.29) is 29.6 Å². The van der Waals surface area contributed by atoms with Crippen LogP contribution in [0.5, 0.6) is 5.75 Å². The molecule has 11 rings (SSSR count). The van der Waals surface area contributed by atoms with Crippen LogP contribution in [0.4, 0.5) is 5.69 Å². The second kappa shape index (κ2) is 17.1. The van der Waals surface area contributed by atoms with Crippen molar-refractivity contribution in [2.75, 3.05) is 5.32 Å². The number of para-hydroxylation sites is 1. The number of allylic oxidation sites excluding steroid dienone is 10. The predicted octanol–water partition coefficient (Wildman–Crippen LogP) is 14.5. The van der Waals surface area contributed by atoms with Crippen LogP contribution in [-0.2, 0) is 5.41 Å². The van der Waals surface area contributed by atoms with Gasteiger partial charge in [0.25, 0.3) is 0 Å². The van der Waals surface area contributed by atoms with Crippen LogP contribution in [-0.4, -0.2) is 6.10 Å². The highest BCUT2D eigenvalue weighted by molar-refractivity contribution is 5.77. The van der Waals surface area contributed by atoms with Crippen LogP contribution >= 0.6 is 0 Å². The first-order valence-corrected chi connectivity index (χ1v) is 23.4. The number of rotatable bonds is 11. The molecule has 0 radical (unpaired) electrons. The lowest BCUT2D eigenvalue weighted by Gasteiger charge is -2.52. The number of hydrogen-bond acceptors (Lipinski definition) is 3. The fraction of sp³-hybridized carbons (Fsp3) is 0.213. The summed E-state index contributed by atoms with van der Waals surface area (Å²) in [6.45, 7) is 4.64. The molecular weight excluding hydrogens is 777 g/mol. The average molecular weight is 833 g/mol. The van der Waals surface area contributed by atoms with Crippen LogP contribution in [0.1, 0.15) is 54.7 Å². The number of hydrogen-bond donors (Lipinski definition) is 2. The third-order valence-electron chi connectivity index (χ3n) is 15.1. The van der Waals surface area contributed by atoms with E-state index in [2.05, 4.69) is 249 Å². The lowest BCUT2D eigenvalue weighted by atomic mass is 9.54. The van der Waals surface area contributed by atoms with Crippen LogP contribution in [0.15, 0.2) is 225 Å². The maximum Gasteiger partial charge on any atom is 0.124 e. The van der Waals surface area contributed by atoms with Gasteiger partial charge in [-0.05, 0) is 98.4 Å². The molecule has 6 aromatic carbocycles. The average Bonchev–Trinajstić information content (AvgIpc) is 3.66. The molecule has 9 unspecified atom stereocenters. The van der Waals surface area contributed by atoms with Crippen LogP contribution in [0.25, 0.3) is 27.8 Å². The van der Waals surface area contributed by atoms with Gasteiger partial charge in [-0.3, -0.25) is 5.32 Å². The zero-order chi connectivity index (χ0) is 43.0. The van der Waals surface area contributed by atoms with Crippen LogP contribution < -0.4 is 15.4 Å². The van der Waals surface area contributed by atoms with E-state index in [1.807, 2.05) is 0 Å². The maximum absolute atomic E-state index is 6.90. The van der Waals surface area contributed by atoms with Gasteiger partial charge in [0.1, 0.15) is 18.0 Å². The molecule has 1 fully saturated rings. The Kier molecular flexibility index (Phi) is 10.7. The highest BCUT2D eigenvalue weighted by Crippen LogP contribution is 2.67. The third kappa shape index (κ3) is 7.13. The molecule has 0 aromatic heterocycles. The van der Waals surface area contributed by atoms with E-state index < -0.39 is 0 Å². The summed E-state index contributed by atoms with van der Waals surface area (Å²) in [7, 11) is 0. The molecule has 4 aliphatic carbocycles. The van der Waals surface area contributed by atoms with Gasteiger partial charge in [0.15, 0.2) is 0 Å². The summed E-state index contributed by atoms with van der Waals surface area (Å²) in [4.78, 5) is 0. The van der Waals surface area contributed by atoms with E-state index in [1.54, 1.807) is 0 Å². The van der Waals surface area contributed by atoms with Crippen LogP contribution in [0.2, 0.25) is 0 Å². The topological polar surface area (TPSA) is 33.3 Å². The Labute approximate surface area is 379 Å². The molecule has 5 aliphatic rings. The van der Waals surface area contributed by atoms with Gasteiger partial charge in [0.05, 0.1) is 0 Å². The molecular formula is C61H56N2O. The van der Waals surface area contributed by atoms with Crippen molar-refractivity contribution in [1.29, 1.82) is 0 Å². The van der Waals surface area contributed by atoms with Crippen LogP contribution in [0.3, 0.4) is 0 Å². The van der Waals surface area contributed by atoms with Gasteiger partial charge in [0.2, 0.25) is 0 Å². The van der Waals surface area contributed by atoms with Crippen LogP contribution in [0, 0.1) is 35.5 Å². The largest absolute Gasteiger partial charge is 0.485 e. The van der Waals surface area contributed by atoms with Crippen molar-refractivity contribution in [1.82, 2.24) is 5.32 Å². The van der Waals surface area contributed by atoms with Gasteiger partial charge in [-0.25, -0.2) is 0 Å². The quantitative estimate of drug-likeness (QED) is 0.128. The van der Waals surface area contributed by atoms with Crippen molar-refractivity contribution in [3.8, 4) is 28.0 Å². The molecule has 3 nitrogen and oxygen atoms in total. The molecule has 3 heteroatoms. The minimum Gasteiger partial charge on any atom is -0.485 e. The Morgan fingerprint density at radius 1 is 0.531 bits per heavy atom. The number of anilines is 1. The summed E-state index contributed by atoms with van der Waals surface area (Å²) in [5.74, 6) is 3.23. The molecule has 316 valence electrons. The maximum atomic E-state index is 6.90. The highest BCUT2D eigenvalue weighted by Gasteiger charge is 2.65. The fourth-order valence-electron chi connectivity index (χ4n) is 11.8. The minimum absolute atomic E-state index is 0.0377. The SMILES string of the molecule is CCC(C)C(NC(Nc1ccc(-c2ccc(-c3ccccc3)cc2)cc1)c1ccc(C2=CC3C(C=C2)Oc2ccccc2C32C3C=CC=CC3C3C=CC=CC32)cc1)c1ccccc1. The Bertz CT molecular complexity index is 2740. The van der Waals surface area contributed by atoms with Gasteiger partial charge < -0.3 is 10.1 Å². The van der Waals surface area contributed by atoms with Gasteiger partial charge in [-0.1, -0.05) is 221 Å². The summed E-state index contributed by atoms with van der Waals surface area (Å²) in [6, 6.07) is 57.5. The van der Waals surface area contributed by atoms with Crippen molar-refractivity contribution in [3.05, 3.63) is 247 Å². The van der Waals surface area contributed by atoms with Crippen molar-refractivity contribution in [3.63, 3.8) is 0 Å². The van der Waals surface area contributed by atoms with Crippen molar-refractivity contribution < 1.29 is 4.74 Å². The molecule has 6 aromatic rings. The molecule has 0 saturated heterocycles. The van der Waals surface area contributed by atoms with Gasteiger partial charge in [-0.15, -0.1) is 0 Å². The monoisotopic (exact) mass is 832 g/mol. The molecule has 1 saturated carbocycles. The number of nitrogens with one attached hydrogen (secondary N) is 2. The van der Waals surface area contributed by atoms with Crippen molar-refractivity contribution in [2.24, 2.45) is 35.5 Å². The Morgan fingerprint density at radius 2 is 1.08 bits per heavy atom. The lowest BCUT2D eigenvalue weighted by Crippen LogP contribution is -2.53. The van der Waals surface area contributed by atoms with Crippen molar-refractivity contribution >= 4 is 11.3 Å². The number of ether oxygens (including phenoxy) is 1.